The minimum Gasteiger partial charge on any atom is -0.481 e. The molecular weight excluding hydrogens is 234 g/mol. The minimum absolute atomic E-state index is 0.119. The lowest BCUT2D eigenvalue weighted by Crippen LogP contribution is -2.48. The summed E-state index contributed by atoms with van der Waals surface area (Å²) in [6.07, 6.45) is 2.13. The quantitative estimate of drug-likeness (QED) is 0.561. The highest BCUT2D eigenvalue weighted by atomic mass is 16.4. The number of hydrogen-bond donors (Lipinski definition) is 4. The van der Waals surface area contributed by atoms with Crippen molar-refractivity contribution in [3.05, 3.63) is 0 Å². The number of aliphatic carboxylic acids is 1. The first-order valence-electron chi connectivity index (χ1n) is 6.67. The monoisotopic (exact) mass is 259 g/mol. The van der Waals surface area contributed by atoms with Gasteiger partial charge in [0.25, 0.3) is 0 Å². The highest BCUT2D eigenvalue weighted by molar-refractivity contribution is 5.70. The molecule has 0 spiro atoms. The molecule has 5 heteroatoms. The first-order chi connectivity index (χ1) is 8.38. The zero-order chi connectivity index (χ0) is 13.8. The van der Waals surface area contributed by atoms with Gasteiger partial charge in [0, 0.05) is 19.2 Å². The van der Waals surface area contributed by atoms with Crippen molar-refractivity contribution >= 4 is 5.97 Å². The van der Waals surface area contributed by atoms with Crippen LogP contribution in [0.25, 0.3) is 0 Å². The van der Waals surface area contributed by atoms with Crippen molar-refractivity contribution in [3.8, 4) is 0 Å². The average molecular weight is 259 g/mol. The number of carbonyl (C=O) groups is 1. The van der Waals surface area contributed by atoms with Gasteiger partial charge >= 0.3 is 5.97 Å². The first kappa shape index (κ1) is 15.4. The first-order valence-corrected chi connectivity index (χ1v) is 6.67. The number of rotatable bonds is 6. The van der Waals surface area contributed by atoms with Crippen molar-refractivity contribution in [2.75, 3.05) is 13.2 Å². The second-order valence-electron chi connectivity index (χ2n) is 5.67. The van der Waals surface area contributed by atoms with Crippen LogP contribution in [0.1, 0.15) is 39.5 Å². The van der Waals surface area contributed by atoms with Crippen molar-refractivity contribution in [3.63, 3.8) is 0 Å². The van der Waals surface area contributed by atoms with Crippen LogP contribution < -0.4 is 5.32 Å². The molecule has 0 saturated heterocycles. The summed E-state index contributed by atoms with van der Waals surface area (Å²) in [5, 5.41) is 31.5. The molecule has 5 nitrogen and oxygen atoms in total. The van der Waals surface area contributed by atoms with Gasteiger partial charge in [0.15, 0.2) is 0 Å². The Kier molecular flexibility index (Phi) is 5.56. The number of carboxylic acids is 1. The van der Waals surface area contributed by atoms with Crippen molar-refractivity contribution in [2.24, 2.45) is 11.8 Å². The van der Waals surface area contributed by atoms with Crippen LogP contribution in [0.2, 0.25) is 0 Å². The van der Waals surface area contributed by atoms with Crippen molar-refractivity contribution in [2.45, 2.75) is 51.2 Å². The van der Waals surface area contributed by atoms with Crippen LogP contribution in [-0.2, 0) is 4.79 Å². The zero-order valence-corrected chi connectivity index (χ0v) is 11.2. The van der Waals surface area contributed by atoms with Gasteiger partial charge in [-0.15, -0.1) is 0 Å². The highest BCUT2D eigenvalue weighted by Crippen LogP contribution is 2.31. The van der Waals surface area contributed by atoms with E-state index in [1.165, 1.54) is 0 Å². The molecule has 0 heterocycles. The summed E-state index contributed by atoms with van der Waals surface area (Å²) in [5.41, 5.74) is -0.796. The maximum atomic E-state index is 10.8. The summed E-state index contributed by atoms with van der Waals surface area (Å²) in [7, 11) is 0. The van der Waals surface area contributed by atoms with Gasteiger partial charge in [0.2, 0.25) is 0 Å². The maximum Gasteiger partial charge on any atom is 0.306 e. The Hall–Kier alpha value is -0.650. The number of carboxylic acid groups (broad SMARTS) is 1. The van der Waals surface area contributed by atoms with Crippen LogP contribution in [0, 0.1) is 11.8 Å². The molecule has 0 aliphatic heterocycles. The second-order valence-corrected chi connectivity index (χ2v) is 5.67. The molecule has 1 aliphatic rings. The summed E-state index contributed by atoms with van der Waals surface area (Å²) < 4.78 is 0. The summed E-state index contributed by atoms with van der Waals surface area (Å²) in [4.78, 5) is 10.8. The molecule has 0 aromatic carbocycles. The largest absolute Gasteiger partial charge is 0.481 e. The van der Waals surface area contributed by atoms with E-state index in [2.05, 4.69) is 5.32 Å². The Balaban J connectivity index is 2.36. The van der Waals surface area contributed by atoms with Crippen LogP contribution in [0.3, 0.4) is 0 Å². The van der Waals surface area contributed by atoms with Gasteiger partial charge in [0.1, 0.15) is 0 Å². The summed E-state index contributed by atoms with van der Waals surface area (Å²) >= 11 is 0. The van der Waals surface area contributed by atoms with E-state index in [-0.39, 0.29) is 24.5 Å². The fourth-order valence-electron chi connectivity index (χ4n) is 2.29. The Morgan fingerprint density at radius 1 is 1.39 bits per heavy atom. The molecule has 1 rings (SSSR count). The smallest absolute Gasteiger partial charge is 0.306 e. The summed E-state index contributed by atoms with van der Waals surface area (Å²) in [5.74, 6) is -0.921. The predicted octanol–water partition coefficient (Wildman–Crippen LogP) is 0.599. The van der Waals surface area contributed by atoms with E-state index < -0.39 is 11.6 Å². The molecule has 1 fully saturated rings. The zero-order valence-electron chi connectivity index (χ0n) is 11.2. The summed E-state index contributed by atoms with van der Waals surface area (Å²) in [6.45, 7) is 4.51. The molecule has 2 unspecified atom stereocenters. The minimum atomic E-state index is -0.796. The molecule has 1 aliphatic carbocycles. The molecular formula is C13H25NO4. The van der Waals surface area contributed by atoms with E-state index in [4.69, 9.17) is 10.2 Å². The van der Waals surface area contributed by atoms with Crippen molar-refractivity contribution in [1.29, 1.82) is 0 Å². The van der Waals surface area contributed by atoms with E-state index in [9.17, 15) is 9.90 Å². The Labute approximate surface area is 108 Å². The third-order valence-electron chi connectivity index (χ3n) is 4.16. The van der Waals surface area contributed by atoms with Gasteiger partial charge in [-0.05, 0) is 38.5 Å². The van der Waals surface area contributed by atoms with E-state index in [0.717, 1.165) is 0 Å². The Bertz CT molecular complexity index is 274. The van der Waals surface area contributed by atoms with Gasteiger partial charge in [-0.2, -0.15) is 0 Å². The third kappa shape index (κ3) is 4.23. The van der Waals surface area contributed by atoms with Crippen LogP contribution in [0.4, 0.5) is 0 Å². The van der Waals surface area contributed by atoms with Crippen LogP contribution in [-0.4, -0.2) is 46.1 Å². The number of aliphatic hydroxyl groups excluding tert-OH is 1. The lowest BCUT2D eigenvalue weighted by molar-refractivity contribution is -0.144. The lowest BCUT2D eigenvalue weighted by atomic mass is 9.78. The number of hydrogen-bond acceptors (Lipinski definition) is 4. The molecule has 0 bridgehead atoms. The van der Waals surface area contributed by atoms with Gasteiger partial charge in [-0.25, -0.2) is 0 Å². The Morgan fingerprint density at radius 3 is 2.39 bits per heavy atom. The Morgan fingerprint density at radius 2 is 1.94 bits per heavy atom. The highest BCUT2D eigenvalue weighted by Gasteiger charge is 2.35. The third-order valence-corrected chi connectivity index (χ3v) is 4.16. The van der Waals surface area contributed by atoms with Crippen LogP contribution in [0.5, 0.6) is 0 Å². The second kappa shape index (κ2) is 6.50. The van der Waals surface area contributed by atoms with E-state index in [1.54, 1.807) is 0 Å². The summed E-state index contributed by atoms with van der Waals surface area (Å²) in [6, 6.07) is 0.135. The normalized spacial score (nSPS) is 31.9. The van der Waals surface area contributed by atoms with Crippen molar-refractivity contribution < 1.29 is 20.1 Å². The van der Waals surface area contributed by atoms with Crippen LogP contribution >= 0.6 is 0 Å². The molecule has 0 aromatic heterocycles. The fourth-order valence-corrected chi connectivity index (χ4v) is 2.29. The lowest BCUT2D eigenvalue weighted by Gasteiger charge is -2.36. The SMILES string of the molecule is CC(CO)C(C)NCC1(O)CCC(C(=O)O)CC1. The number of nitrogens with one attached hydrogen (secondary N) is 1. The van der Waals surface area contributed by atoms with Gasteiger partial charge in [0.05, 0.1) is 11.5 Å². The van der Waals surface area contributed by atoms with Crippen LogP contribution in [0.15, 0.2) is 0 Å². The van der Waals surface area contributed by atoms with Gasteiger partial charge < -0.3 is 20.6 Å². The van der Waals surface area contributed by atoms with Gasteiger partial charge in [-0.3, -0.25) is 4.79 Å². The molecule has 0 radical (unpaired) electrons. The predicted molar refractivity (Wildman–Crippen MR) is 68.3 cm³/mol. The van der Waals surface area contributed by atoms with Gasteiger partial charge in [-0.1, -0.05) is 6.92 Å². The van der Waals surface area contributed by atoms with Crippen molar-refractivity contribution in [1.82, 2.24) is 5.32 Å². The molecule has 18 heavy (non-hydrogen) atoms. The topological polar surface area (TPSA) is 89.8 Å². The molecule has 0 amide bonds. The molecule has 4 N–H and O–H groups in total. The molecule has 2 atom stereocenters. The molecule has 106 valence electrons. The average Bonchev–Trinajstić information content (AvgIpc) is 2.35. The van der Waals surface area contributed by atoms with E-state index in [1.807, 2.05) is 13.8 Å². The maximum absolute atomic E-state index is 10.8. The molecule has 0 aromatic rings. The number of aliphatic hydroxyl groups is 2. The van der Waals surface area contributed by atoms with E-state index in [0.29, 0.717) is 32.2 Å². The van der Waals surface area contributed by atoms with E-state index >= 15 is 0 Å². The standard InChI is InChI=1S/C13H25NO4/c1-9(7-15)10(2)14-8-13(18)5-3-11(4-6-13)12(16)17/h9-11,14-15,18H,3-8H2,1-2H3,(H,16,17). The fraction of sp³-hybridized carbons (Fsp3) is 0.923. The molecule has 1 saturated carbocycles.